The molecule has 2 rings (SSSR count). The first-order valence-corrected chi connectivity index (χ1v) is 5.97. The lowest BCUT2D eigenvalue weighted by molar-refractivity contribution is 0.147. The fourth-order valence-corrected chi connectivity index (χ4v) is 2.01. The van der Waals surface area contributed by atoms with Gasteiger partial charge in [-0.15, -0.1) is 0 Å². The van der Waals surface area contributed by atoms with E-state index in [1.54, 1.807) is 6.20 Å². The average Bonchev–Trinajstić information content (AvgIpc) is 2.33. The second-order valence-corrected chi connectivity index (χ2v) is 4.31. The highest BCUT2D eigenvalue weighted by molar-refractivity contribution is 5.31. The molecule has 1 aromatic heterocycles. The normalized spacial score (nSPS) is 17.1. The molecule has 88 valence electrons. The molecule has 1 N–H and O–H groups in total. The van der Waals surface area contributed by atoms with Gasteiger partial charge in [0.2, 0.25) is 11.8 Å². The van der Waals surface area contributed by atoms with Crippen LogP contribution in [0.1, 0.15) is 37.7 Å². The smallest absolute Gasteiger partial charge is 0.225 e. The van der Waals surface area contributed by atoms with E-state index in [2.05, 4.69) is 15.3 Å². The third-order valence-electron chi connectivity index (χ3n) is 2.98. The number of ether oxygens (including phenoxy) is 1. The number of aromatic nitrogens is 2. The van der Waals surface area contributed by atoms with Crippen LogP contribution < -0.4 is 10.1 Å². The molecule has 0 atom stereocenters. The van der Waals surface area contributed by atoms with Gasteiger partial charge in [0.15, 0.2) is 0 Å². The summed E-state index contributed by atoms with van der Waals surface area (Å²) in [6.45, 7) is 1.98. The van der Waals surface area contributed by atoms with Crippen molar-refractivity contribution in [1.29, 1.82) is 0 Å². The standard InChI is InChI=1S/C12H19N3O/c1-9-8-14-12(13-2)15-11(9)16-10-6-4-3-5-7-10/h8,10H,3-7H2,1-2H3,(H,13,14,15). The van der Waals surface area contributed by atoms with Gasteiger partial charge in [0, 0.05) is 18.8 Å². The van der Waals surface area contributed by atoms with E-state index in [4.69, 9.17) is 4.74 Å². The highest BCUT2D eigenvalue weighted by Crippen LogP contribution is 2.24. The van der Waals surface area contributed by atoms with Crippen LogP contribution in [0.15, 0.2) is 6.20 Å². The molecule has 16 heavy (non-hydrogen) atoms. The first-order chi connectivity index (χ1) is 7.79. The zero-order chi connectivity index (χ0) is 11.4. The summed E-state index contributed by atoms with van der Waals surface area (Å²) in [4.78, 5) is 8.49. The van der Waals surface area contributed by atoms with E-state index in [0.717, 1.165) is 24.3 Å². The van der Waals surface area contributed by atoms with Crippen LogP contribution in [-0.2, 0) is 0 Å². The quantitative estimate of drug-likeness (QED) is 0.852. The number of hydrogen-bond donors (Lipinski definition) is 1. The summed E-state index contributed by atoms with van der Waals surface area (Å²) in [5.41, 5.74) is 1.00. The minimum absolute atomic E-state index is 0.340. The Balaban J connectivity index is 2.06. The summed E-state index contributed by atoms with van der Waals surface area (Å²) >= 11 is 0. The number of aryl methyl sites for hydroxylation is 1. The molecule has 0 amide bonds. The SMILES string of the molecule is CNc1ncc(C)c(OC2CCCCC2)n1. The van der Waals surface area contributed by atoms with Gasteiger partial charge in [-0.05, 0) is 32.6 Å². The Kier molecular flexibility index (Phi) is 3.59. The van der Waals surface area contributed by atoms with Crippen molar-refractivity contribution in [3.8, 4) is 5.88 Å². The fourth-order valence-electron chi connectivity index (χ4n) is 2.01. The van der Waals surface area contributed by atoms with Gasteiger partial charge in [-0.25, -0.2) is 4.98 Å². The molecule has 0 radical (unpaired) electrons. The molecule has 4 heteroatoms. The van der Waals surface area contributed by atoms with Crippen molar-refractivity contribution in [3.05, 3.63) is 11.8 Å². The highest BCUT2D eigenvalue weighted by atomic mass is 16.5. The van der Waals surface area contributed by atoms with Crippen LogP contribution in [0, 0.1) is 6.92 Å². The van der Waals surface area contributed by atoms with E-state index in [-0.39, 0.29) is 0 Å². The largest absolute Gasteiger partial charge is 0.474 e. The van der Waals surface area contributed by atoms with E-state index in [9.17, 15) is 0 Å². The van der Waals surface area contributed by atoms with Gasteiger partial charge in [-0.1, -0.05) is 6.42 Å². The predicted octanol–water partition coefficient (Wildman–Crippen LogP) is 2.54. The van der Waals surface area contributed by atoms with Crippen LogP contribution in [0.25, 0.3) is 0 Å². The monoisotopic (exact) mass is 221 g/mol. The van der Waals surface area contributed by atoms with Crippen LogP contribution in [0.2, 0.25) is 0 Å². The maximum absolute atomic E-state index is 5.94. The average molecular weight is 221 g/mol. The third-order valence-corrected chi connectivity index (χ3v) is 2.98. The Bertz CT molecular complexity index is 348. The van der Waals surface area contributed by atoms with Crippen molar-refractivity contribution >= 4 is 5.95 Å². The number of hydrogen-bond acceptors (Lipinski definition) is 4. The summed E-state index contributed by atoms with van der Waals surface area (Å²) in [5.74, 6) is 1.35. The highest BCUT2D eigenvalue weighted by Gasteiger charge is 2.16. The number of nitrogens with zero attached hydrogens (tertiary/aromatic N) is 2. The Hall–Kier alpha value is -1.32. The Morgan fingerprint density at radius 3 is 2.75 bits per heavy atom. The molecule has 0 aliphatic heterocycles. The second-order valence-electron chi connectivity index (χ2n) is 4.31. The zero-order valence-corrected chi connectivity index (χ0v) is 9.99. The zero-order valence-electron chi connectivity index (χ0n) is 9.99. The first kappa shape index (κ1) is 11.2. The third kappa shape index (κ3) is 2.62. The van der Waals surface area contributed by atoms with Crippen molar-refractivity contribution in [2.45, 2.75) is 45.1 Å². The summed E-state index contributed by atoms with van der Waals surface area (Å²) in [7, 11) is 1.81. The van der Waals surface area contributed by atoms with Gasteiger partial charge in [0.05, 0.1) is 0 Å². The maximum atomic E-state index is 5.94. The number of nitrogens with one attached hydrogen (secondary N) is 1. The number of rotatable bonds is 3. The van der Waals surface area contributed by atoms with Crippen LogP contribution >= 0.6 is 0 Å². The first-order valence-electron chi connectivity index (χ1n) is 5.97. The molecule has 1 saturated carbocycles. The molecule has 0 spiro atoms. The van der Waals surface area contributed by atoms with Crippen LogP contribution in [0.4, 0.5) is 5.95 Å². The second kappa shape index (κ2) is 5.14. The molecule has 1 fully saturated rings. The molecule has 0 aromatic carbocycles. The molecule has 4 nitrogen and oxygen atoms in total. The van der Waals surface area contributed by atoms with Gasteiger partial charge in [0.25, 0.3) is 0 Å². The molecule has 1 heterocycles. The lowest BCUT2D eigenvalue weighted by Gasteiger charge is -2.23. The molecule has 1 aliphatic carbocycles. The maximum Gasteiger partial charge on any atom is 0.225 e. The van der Waals surface area contributed by atoms with Gasteiger partial charge in [-0.3, -0.25) is 0 Å². The van der Waals surface area contributed by atoms with Crippen LogP contribution in [0.5, 0.6) is 5.88 Å². The van der Waals surface area contributed by atoms with E-state index in [1.807, 2.05) is 14.0 Å². The van der Waals surface area contributed by atoms with Gasteiger partial charge >= 0.3 is 0 Å². The van der Waals surface area contributed by atoms with E-state index >= 15 is 0 Å². The summed E-state index contributed by atoms with van der Waals surface area (Å²) < 4.78 is 5.94. The van der Waals surface area contributed by atoms with Crippen molar-refractivity contribution in [2.24, 2.45) is 0 Å². The van der Waals surface area contributed by atoms with E-state index in [0.29, 0.717) is 12.1 Å². The Morgan fingerprint density at radius 1 is 1.31 bits per heavy atom. The molecule has 1 aromatic rings. The molecule has 0 unspecified atom stereocenters. The van der Waals surface area contributed by atoms with Crippen LogP contribution in [0.3, 0.4) is 0 Å². The lowest BCUT2D eigenvalue weighted by atomic mass is 9.98. The van der Waals surface area contributed by atoms with Gasteiger partial charge in [0.1, 0.15) is 6.10 Å². The summed E-state index contributed by atoms with van der Waals surface area (Å²) in [6, 6.07) is 0. The van der Waals surface area contributed by atoms with E-state index < -0.39 is 0 Å². The minimum Gasteiger partial charge on any atom is -0.474 e. The Morgan fingerprint density at radius 2 is 2.06 bits per heavy atom. The predicted molar refractivity (Wildman–Crippen MR) is 63.8 cm³/mol. The summed E-state index contributed by atoms with van der Waals surface area (Å²) in [6.07, 6.45) is 8.33. The Labute approximate surface area is 96.4 Å². The minimum atomic E-state index is 0.340. The van der Waals surface area contributed by atoms with Gasteiger partial charge in [-0.2, -0.15) is 4.98 Å². The fraction of sp³-hybridized carbons (Fsp3) is 0.667. The molecule has 0 saturated heterocycles. The lowest BCUT2D eigenvalue weighted by Crippen LogP contribution is -2.21. The van der Waals surface area contributed by atoms with Crippen molar-refractivity contribution in [3.63, 3.8) is 0 Å². The van der Waals surface area contributed by atoms with Crippen molar-refractivity contribution < 1.29 is 4.74 Å². The molecular formula is C12H19N3O. The van der Waals surface area contributed by atoms with E-state index in [1.165, 1.54) is 19.3 Å². The number of anilines is 1. The van der Waals surface area contributed by atoms with Crippen molar-refractivity contribution in [1.82, 2.24) is 9.97 Å². The van der Waals surface area contributed by atoms with Gasteiger partial charge < -0.3 is 10.1 Å². The van der Waals surface area contributed by atoms with Crippen molar-refractivity contribution in [2.75, 3.05) is 12.4 Å². The molecule has 1 aliphatic rings. The topological polar surface area (TPSA) is 47.0 Å². The van der Waals surface area contributed by atoms with Crippen LogP contribution in [-0.4, -0.2) is 23.1 Å². The molecular weight excluding hydrogens is 202 g/mol. The molecule has 0 bridgehead atoms. The summed E-state index contributed by atoms with van der Waals surface area (Å²) in [5, 5.41) is 2.93.